The van der Waals surface area contributed by atoms with E-state index in [1.54, 1.807) is 33.8 Å². The largest absolute Gasteiger partial charge is 0.338 e. The Labute approximate surface area is 196 Å². The number of hydrogen-bond acceptors (Lipinski definition) is 5. The van der Waals surface area contributed by atoms with Crippen LogP contribution >= 0.6 is 11.3 Å². The zero-order valence-electron chi connectivity index (χ0n) is 18.3. The predicted octanol–water partition coefficient (Wildman–Crippen LogP) is 4.69. The van der Waals surface area contributed by atoms with Crippen LogP contribution in [0.3, 0.4) is 0 Å². The SMILES string of the molecule is CC(=O)N(c1ccccc1)c1nc(/C=C/C(=O)N(C)Cc2cnn(-c3ccccc3)c2)cs1. The topological polar surface area (TPSA) is 71.3 Å². The fourth-order valence-electron chi connectivity index (χ4n) is 3.26. The molecule has 0 N–H and O–H groups in total. The van der Waals surface area contributed by atoms with Crippen LogP contribution in [0.2, 0.25) is 0 Å². The molecule has 0 bridgehead atoms. The number of thiazole rings is 1. The molecule has 0 aliphatic carbocycles. The summed E-state index contributed by atoms with van der Waals surface area (Å²) in [6, 6.07) is 19.2. The molecule has 0 saturated heterocycles. The molecule has 33 heavy (non-hydrogen) atoms. The summed E-state index contributed by atoms with van der Waals surface area (Å²) in [7, 11) is 1.74. The van der Waals surface area contributed by atoms with Crippen molar-refractivity contribution in [1.82, 2.24) is 19.7 Å². The summed E-state index contributed by atoms with van der Waals surface area (Å²) in [5.41, 5.74) is 3.27. The van der Waals surface area contributed by atoms with Gasteiger partial charge in [0.25, 0.3) is 0 Å². The van der Waals surface area contributed by atoms with Gasteiger partial charge in [-0.25, -0.2) is 9.67 Å². The van der Waals surface area contributed by atoms with Gasteiger partial charge >= 0.3 is 0 Å². The summed E-state index contributed by atoms with van der Waals surface area (Å²) >= 11 is 1.35. The van der Waals surface area contributed by atoms with Crippen molar-refractivity contribution >= 4 is 40.0 Å². The van der Waals surface area contributed by atoms with Crippen LogP contribution in [0.25, 0.3) is 11.8 Å². The van der Waals surface area contributed by atoms with E-state index in [9.17, 15) is 9.59 Å². The number of aromatic nitrogens is 3. The van der Waals surface area contributed by atoms with Gasteiger partial charge < -0.3 is 4.90 Å². The molecule has 0 radical (unpaired) electrons. The van der Waals surface area contributed by atoms with Crippen LogP contribution < -0.4 is 4.90 Å². The third kappa shape index (κ3) is 5.42. The maximum absolute atomic E-state index is 12.6. The van der Waals surface area contributed by atoms with Gasteiger partial charge in [-0.05, 0) is 30.3 Å². The zero-order chi connectivity index (χ0) is 23.2. The van der Waals surface area contributed by atoms with Crippen molar-refractivity contribution in [2.75, 3.05) is 11.9 Å². The second kappa shape index (κ2) is 10.1. The average molecular weight is 458 g/mol. The van der Waals surface area contributed by atoms with E-state index < -0.39 is 0 Å². The number of carbonyl (C=O) groups is 2. The zero-order valence-corrected chi connectivity index (χ0v) is 19.1. The monoisotopic (exact) mass is 457 g/mol. The van der Waals surface area contributed by atoms with Gasteiger partial charge in [0.05, 0.1) is 23.3 Å². The van der Waals surface area contributed by atoms with Crippen molar-refractivity contribution in [2.24, 2.45) is 0 Å². The number of amides is 2. The minimum absolute atomic E-state index is 0.127. The standard InChI is InChI=1S/C25H23N5O2S/c1-19(31)30(23-11-7-4-8-12-23)25-27-21(18-33-25)13-14-24(32)28(2)16-20-15-26-29(17-20)22-9-5-3-6-10-22/h3-15,17-18H,16H2,1-2H3/b14-13+. The summed E-state index contributed by atoms with van der Waals surface area (Å²) < 4.78 is 1.79. The smallest absolute Gasteiger partial charge is 0.246 e. The highest BCUT2D eigenvalue weighted by atomic mass is 32.1. The van der Waals surface area contributed by atoms with E-state index in [2.05, 4.69) is 10.1 Å². The van der Waals surface area contributed by atoms with Gasteiger partial charge in [-0.1, -0.05) is 36.4 Å². The van der Waals surface area contributed by atoms with Gasteiger partial charge in [0, 0.05) is 43.7 Å². The highest BCUT2D eigenvalue weighted by Gasteiger charge is 2.17. The maximum Gasteiger partial charge on any atom is 0.246 e. The molecule has 0 unspecified atom stereocenters. The summed E-state index contributed by atoms with van der Waals surface area (Å²) in [6.07, 6.45) is 6.82. The molecule has 2 amide bonds. The van der Waals surface area contributed by atoms with Gasteiger partial charge in [-0.15, -0.1) is 11.3 Å². The molecule has 0 atom stereocenters. The highest BCUT2D eigenvalue weighted by molar-refractivity contribution is 7.14. The van der Waals surface area contributed by atoms with Crippen molar-refractivity contribution in [1.29, 1.82) is 0 Å². The second-order valence-electron chi connectivity index (χ2n) is 7.40. The Morgan fingerprint density at radius 2 is 1.76 bits per heavy atom. The Kier molecular flexibility index (Phi) is 6.75. The Morgan fingerprint density at radius 3 is 2.45 bits per heavy atom. The number of benzene rings is 2. The average Bonchev–Trinajstić information content (AvgIpc) is 3.48. The van der Waals surface area contributed by atoms with Crippen molar-refractivity contribution in [3.05, 3.63) is 95.8 Å². The minimum atomic E-state index is -0.150. The lowest BCUT2D eigenvalue weighted by Crippen LogP contribution is -2.23. The fraction of sp³-hybridized carbons (Fsp3) is 0.120. The normalized spacial score (nSPS) is 11.0. The van der Waals surface area contributed by atoms with Crippen molar-refractivity contribution in [3.8, 4) is 5.69 Å². The van der Waals surface area contributed by atoms with E-state index in [1.807, 2.05) is 72.2 Å². The van der Waals surface area contributed by atoms with Gasteiger partial charge in [-0.2, -0.15) is 5.10 Å². The van der Waals surface area contributed by atoms with Crippen LogP contribution in [0.5, 0.6) is 0 Å². The molecule has 0 aliphatic heterocycles. The van der Waals surface area contributed by atoms with E-state index >= 15 is 0 Å². The lowest BCUT2D eigenvalue weighted by atomic mass is 10.3. The molecule has 2 aromatic carbocycles. The molecule has 4 aromatic rings. The first-order valence-corrected chi connectivity index (χ1v) is 11.2. The molecule has 8 heteroatoms. The van der Waals surface area contributed by atoms with Crippen LogP contribution in [0, 0.1) is 0 Å². The first kappa shape index (κ1) is 22.2. The third-order valence-corrected chi connectivity index (χ3v) is 5.72. The summed E-state index contributed by atoms with van der Waals surface area (Å²) in [6.45, 7) is 1.94. The first-order valence-electron chi connectivity index (χ1n) is 10.3. The summed E-state index contributed by atoms with van der Waals surface area (Å²) in [5, 5.41) is 6.75. The molecule has 4 rings (SSSR count). The molecule has 2 aromatic heterocycles. The van der Waals surface area contributed by atoms with Crippen LogP contribution in [-0.4, -0.2) is 38.5 Å². The molecule has 0 aliphatic rings. The van der Waals surface area contributed by atoms with E-state index in [-0.39, 0.29) is 11.8 Å². The number of nitrogens with zero attached hydrogens (tertiary/aromatic N) is 5. The van der Waals surface area contributed by atoms with Gasteiger partial charge in [-0.3, -0.25) is 14.5 Å². The Morgan fingerprint density at radius 1 is 1.06 bits per heavy atom. The Hall–Kier alpha value is -4.04. The van der Waals surface area contributed by atoms with Crippen LogP contribution in [0.4, 0.5) is 10.8 Å². The highest BCUT2D eigenvalue weighted by Crippen LogP contribution is 2.29. The van der Waals surface area contributed by atoms with Crippen molar-refractivity contribution in [2.45, 2.75) is 13.5 Å². The number of hydrogen-bond donors (Lipinski definition) is 0. The van der Waals surface area contributed by atoms with Crippen molar-refractivity contribution in [3.63, 3.8) is 0 Å². The van der Waals surface area contributed by atoms with Gasteiger partial charge in [0.2, 0.25) is 11.8 Å². The van der Waals surface area contributed by atoms with E-state index in [1.165, 1.54) is 24.3 Å². The first-order chi connectivity index (χ1) is 16.0. The Bertz CT molecular complexity index is 1260. The summed E-state index contributed by atoms with van der Waals surface area (Å²) in [5.74, 6) is -0.276. The van der Waals surface area contributed by atoms with Gasteiger partial charge in [0.1, 0.15) is 0 Å². The third-order valence-electron chi connectivity index (χ3n) is 4.88. The van der Waals surface area contributed by atoms with E-state index in [0.29, 0.717) is 17.4 Å². The molecule has 0 fully saturated rings. The number of rotatable bonds is 7. The second-order valence-corrected chi connectivity index (χ2v) is 8.24. The van der Waals surface area contributed by atoms with Crippen molar-refractivity contribution < 1.29 is 9.59 Å². The van der Waals surface area contributed by atoms with Crippen LogP contribution in [0.15, 0.2) is 84.5 Å². The molecular formula is C25H23N5O2S. The lowest BCUT2D eigenvalue weighted by molar-refractivity contribution is -0.125. The minimum Gasteiger partial charge on any atom is -0.338 e. The molecule has 7 nitrogen and oxygen atoms in total. The lowest BCUT2D eigenvalue weighted by Gasteiger charge is -2.17. The Balaban J connectivity index is 1.40. The number of para-hydroxylation sites is 2. The quantitative estimate of drug-likeness (QED) is 0.378. The van der Waals surface area contributed by atoms with E-state index in [0.717, 1.165) is 16.9 Å². The van der Waals surface area contributed by atoms with Gasteiger partial charge in [0.15, 0.2) is 5.13 Å². The van der Waals surface area contributed by atoms with E-state index in [4.69, 9.17) is 0 Å². The molecular weight excluding hydrogens is 434 g/mol. The van der Waals surface area contributed by atoms with Crippen LogP contribution in [0.1, 0.15) is 18.2 Å². The molecule has 0 spiro atoms. The summed E-state index contributed by atoms with van der Waals surface area (Å²) in [4.78, 5) is 32.5. The number of likely N-dealkylation sites (N-methyl/N-ethyl adjacent to an activating group) is 1. The molecule has 166 valence electrons. The van der Waals surface area contributed by atoms with Crippen LogP contribution in [-0.2, 0) is 16.1 Å². The molecule has 2 heterocycles. The number of carbonyl (C=O) groups excluding carboxylic acids is 2. The predicted molar refractivity (Wildman–Crippen MR) is 130 cm³/mol. The molecule has 0 saturated carbocycles. The number of anilines is 2. The fourth-order valence-corrected chi connectivity index (χ4v) is 4.11. The maximum atomic E-state index is 12.6.